The number of nitrogens with one attached hydrogen (secondary N) is 2. The quantitative estimate of drug-likeness (QED) is 0.873. The standard InChI is InChI=1S/C19H22N4O2/c24-18(21-15-5-7-17-20-8-9-23(17)12-15)3-1-2-13-4-6-16-14(10-13)11-19(25)22-16/h4,6,8-10,15H,1-3,5,7,11-12H2,(H,21,24)(H,22,25)/t15-/m1/s1. The number of hydrogen-bond donors (Lipinski definition) is 2. The summed E-state index contributed by atoms with van der Waals surface area (Å²) in [7, 11) is 0. The summed E-state index contributed by atoms with van der Waals surface area (Å²) in [6.45, 7) is 0.812. The fraction of sp³-hybridized carbons (Fsp3) is 0.421. The highest BCUT2D eigenvalue weighted by Gasteiger charge is 2.20. The van der Waals surface area contributed by atoms with Gasteiger partial charge in [0.2, 0.25) is 11.8 Å². The molecule has 0 saturated carbocycles. The SMILES string of the molecule is O=C1Cc2cc(CCCC(=O)N[C@@H]3CCc4nccn4C3)ccc2N1. The summed E-state index contributed by atoms with van der Waals surface area (Å²) >= 11 is 0. The second kappa shape index (κ2) is 6.70. The van der Waals surface area contributed by atoms with Crippen LogP contribution in [0.15, 0.2) is 30.6 Å². The Bertz CT molecular complexity index is 812. The highest BCUT2D eigenvalue weighted by atomic mass is 16.2. The van der Waals surface area contributed by atoms with E-state index in [1.54, 1.807) is 0 Å². The van der Waals surface area contributed by atoms with Crippen molar-refractivity contribution in [1.29, 1.82) is 0 Å². The van der Waals surface area contributed by atoms with Crippen molar-refractivity contribution in [1.82, 2.24) is 14.9 Å². The predicted octanol–water partition coefficient (Wildman–Crippen LogP) is 1.83. The van der Waals surface area contributed by atoms with Gasteiger partial charge in [0.1, 0.15) is 5.82 Å². The molecule has 1 atom stereocenters. The second-order valence-corrected chi connectivity index (χ2v) is 6.87. The highest BCUT2D eigenvalue weighted by molar-refractivity contribution is 5.99. The van der Waals surface area contributed by atoms with Crippen molar-refractivity contribution in [2.45, 2.75) is 51.1 Å². The molecule has 0 aliphatic carbocycles. The molecule has 2 aromatic rings. The molecule has 0 fully saturated rings. The number of fused-ring (bicyclic) bond motifs is 2. The molecule has 1 aromatic carbocycles. The van der Waals surface area contributed by atoms with E-state index < -0.39 is 0 Å². The molecule has 130 valence electrons. The zero-order valence-corrected chi connectivity index (χ0v) is 14.1. The Morgan fingerprint density at radius 3 is 3.24 bits per heavy atom. The Hall–Kier alpha value is -2.63. The largest absolute Gasteiger partial charge is 0.352 e. The maximum Gasteiger partial charge on any atom is 0.228 e. The number of rotatable bonds is 5. The van der Waals surface area contributed by atoms with Gasteiger partial charge in [0.05, 0.1) is 6.42 Å². The van der Waals surface area contributed by atoms with Gasteiger partial charge in [-0.15, -0.1) is 0 Å². The molecule has 25 heavy (non-hydrogen) atoms. The van der Waals surface area contributed by atoms with E-state index in [-0.39, 0.29) is 17.9 Å². The number of anilines is 1. The Balaban J connectivity index is 1.23. The van der Waals surface area contributed by atoms with E-state index in [1.165, 1.54) is 5.56 Å². The minimum Gasteiger partial charge on any atom is -0.352 e. The Morgan fingerprint density at radius 2 is 2.32 bits per heavy atom. The van der Waals surface area contributed by atoms with Gasteiger partial charge in [0, 0.05) is 43.5 Å². The van der Waals surface area contributed by atoms with Gasteiger partial charge in [-0.3, -0.25) is 9.59 Å². The first-order chi connectivity index (χ1) is 12.2. The number of nitrogens with zero attached hydrogens (tertiary/aromatic N) is 2. The molecule has 0 unspecified atom stereocenters. The van der Waals surface area contributed by atoms with Crippen LogP contribution in [0, 0.1) is 0 Å². The first-order valence-electron chi connectivity index (χ1n) is 8.88. The number of aromatic nitrogens is 2. The Kier molecular flexibility index (Phi) is 4.26. The number of hydrogen-bond acceptors (Lipinski definition) is 3. The third-order valence-electron chi connectivity index (χ3n) is 4.96. The predicted molar refractivity (Wildman–Crippen MR) is 94.2 cm³/mol. The van der Waals surface area contributed by atoms with E-state index in [9.17, 15) is 9.59 Å². The van der Waals surface area contributed by atoms with Crippen molar-refractivity contribution in [2.24, 2.45) is 0 Å². The molecule has 0 spiro atoms. The third-order valence-corrected chi connectivity index (χ3v) is 4.96. The molecular formula is C19H22N4O2. The van der Waals surface area contributed by atoms with Gasteiger partial charge < -0.3 is 15.2 Å². The van der Waals surface area contributed by atoms with Crippen LogP contribution in [0.25, 0.3) is 0 Å². The van der Waals surface area contributed by atoms with Crippen LogP contribution in [-0.2, 0) is 35.4 Å². The number of carbonyl (C=O) groups excluding carboxylic acids is 2. The van der Waals surface area contributed by atoms with Crippen molar-refractivity contribution in [3.63, 3.8) is 0 Å². The molecular weight excluding hydrogens is 316 g/mol. The minimum absolute atomic E-state index is 0.0556. The fourth-order valence-corrected chi connectivity index (χ4v) is 3.68. The molecule has 3 heterocycles. The van der Waals surface area contributed by atoms with Crippen LogP contribution in [0.4, 0.5) is 5.69 Å². The second-order valence-electron chi connectivity index (χ2n) is 6.87. The zero-order valence-electron chi connectivity index (χ0n) is 14.1. The minimum atomic E-state index is 0.0556. The molecule has 0 radical (unpaired) electrons. The highest BCUT2D eigenvalue weighted by Crippen LogP contribution is 2.24. The van der Waals surface area contributed by atoms with E-state index >= 15 is 0 Å². The number of aryl methyl sites for hydroxylation is 2. The van der Waals surface area contributed by atoms with Crippen LogP contribution in [0.2, 0.25) is 0 Å². The zero-order chi connectivity index (χ0) is 17.2. The van der Waals surface area contributed by atoms with Gasteiger partial charge in [-0.1, -0.05) is 12.1 Å². The van der Waals surface area contributed by atoms with Gasteiger partial charge >= 0.3 is 0 Å². The summed E-state index contributed by atoms with van der Waals surface area (Å²) in [6, 6.07) is 6.27. The first-order valence-corrected chi connectivity index (χ1v) is 8.88. The number of carbonyl (C=O) groups is 2. The van der Waals surface area contributed by atoms with Crippen molar-refractivity contribution < 1.29 is 9.59 Å². The molecule has 6 heteroatoms. The summed E-state index contributed by atoms with van der Waals surface area (Å²) in [5, 5.41) is 5.98. The summed E-state index contributed by atoms with van der Waals surface area (Å²) < 4.78 is 2.12. The first kappa shape index (κ1) is 15.9. The van der Waals surface area contributed by atoms with E-state index in [2.05, 4.69) is 26.3 Å². The van der Waals surface area contributed by atoms with Gasteiger partial charge in [0.15, 0.2) is 0 Å². The van der Waals surface area contributed by atoms with Gasteiger partial charge in [0.25, 0.3) is 0 Å². The number of amides is 2. The monoisotopic (exact) mass is 338 g/mol. The van der Waals surface area contributed by atoms with Crippen LogP contribution in [0.3, 0.4) is 0 Å². The molecule has 0 bridgehead atoms. The van der Waals surface area contributed by atoms with Crippen LogP contribution < -0.4 is 10.6 Å². The lowest BCUT2D eigenvalue weighted by Gasteiger charge is -2.24. The number of imidazole rings is 1. The van der Waals surface area contributed by atoms with Crippen molar-refractivity contribution in [3.8, 4) is 0 Å². The maximum atomic E-state index is 12.2. The van der Waals surface area contributed by atoms with Crippen LogP contribution in [-0.4, -0.2) is 27.4 Å². The summed E-state index contributed by atoms with van der Waals surface area (Å²) in [5.74, 6) is 1.28. The summed E-state index contributed by atoms with van der Waals surface area (Å²) in [6.07, 6.45) is 8.32. The van der Waals surface area contributed by atoms with E-state index in [1.807, 2.05) is 24.5 Å². The molecule has 2 aliphatic rings. The molecule has 0 saturated heterocycles. The van der Waals surface area contributed by atoms with Crippen molar-refractivity contribution in [2.75, 3.05) is 5.32 Å². The van der Waals surface area contributed by atoms with Gasteiger partial charge in [-0.25, -0.2) is 4.98 Å². The summed E-state index contributed by atoms with van der Waals surface area (Å²) in [5.41, 5.74) is 3.16. The lowest BCUT2D eigenvalue weighted by molar-refractivity contribution is -0.122. The lowest BCUT2D eigenvalue weighted by Crippen LogP contribution is -2.40. The maximum absolute atomic E-state index is 12.2. The Labute approximate surface area is 146 Å². The topological polar surface area (TPSA) is 76.0 Å². The Morgan fingerprint density at radius 1 is 1.40 bits per heavy atom. The lowest BCUT2D eigenvalue weighted by atomic mass is 10.0. The molecule has 1 aromatic heterocycles. The van der Waals surface area contributed by atoms with Crippen molar-refractivity contribution >= 4 is 17.5 Å². The molecule has 2 aliphatic heterocycles. The average molecular weight is 338 g/mol. The third kappa shape index (κ3) is 3.57. The van der Waals surface area contributed by atoms with E-state index in [4.69, 9.17) is 0 Å². The molecule has 4 rings (SSSR count). The fourth-order valence-electron chi connectivity index (χ4n) is 3.68. The van der Waals surface area contributed by atoms with Crippen molar-refractivity contribution in [3.05, 3.63) is 47.5 Å². The van der Waals surface area contributed by atoms with Gasteiger partial charge in [-0.2, -0.15) is 0 Å². The average Bonchev–Trinajstić information content (AvgIpc) is 3.19. The molecule has 2 amide bonds. The van der Waals surface area contributed by atoms with Crippen LogP contribution in [0.5, 0.6) is 0 Å². The van der Waals surface area contributed by atoms with E-state index in [0.29, 0.717) is 12.8 Å². The molecule has 2 N–H and O–H groups in total. The van der Waals surface area contributed by atoms with Crippen LogP contribution in [0.1, 0.15) is 36.2 Å². The summed E-state index contributed by atoms with van der Waals surface area (Å²) in [4.78, 5) is 27.9. The number of benzene rings is 1. The molecule has 6 nitrogen and oxygen atoms in total. The normalized spacial score (nSPS) is 18.4. The van der Waals surface area contributed by atoms with Gasteiger partial charge in [-0.05, 0) is 36.5 Å². The smallest absolute Gasteiger partial charge is 0.228 e. The van der Waals surface area contributed by atoms with E-state index in [0.717, 1.165) is 49.3 Å². The van der Waals surface area contributed by atoms with Crippen LogP contribution >= 0.6 is 0 Å².